The average molecular weight is 689 g/mol. The predicted octanol–water partition coefficient (Wildman–Crippen LogP) is 5.83. The van der Waals surface area contributed by atoms with Crippen LogP contribution < -0.4 is 14.9 Å². The molecule has 3 aromatic heterocycles. The topological polar surface area (TPSA) is 143 Å². The Bertz CT molecular complexity index is 1900. The first-order valence-corrected chi connectivity index (χ1v) is 18.3. The highest BCUT2D eigenvalue weighted by atomic mass is 35.5. The van der Waals surface area contributed by atoms with Crippen molar-refractivity contribution in [3.05, 3.63) is 51.5 Å². The summed E-state index contributed by atoms with van der Waals surface area (Å²) in [5.41, 5.74) is 2.87. The lowest BCUT2D eigenvalue weighted by Gasteiger charge is -2.39. The van der Waals surface area contributed by atoms with E-state index in [9.17, 15) is 13.2 Å². The van der Waals surface area contributed by atoms with Gasteiger partial charge in [0.15, 0.2) is 15.6 Å². The molecule has 11 nitrogen and oxygen atoms in total. The van der Waals surface area contributed by atoms with E-state index in [1.54, 1.807) is 6.92 Å². The summed E-state index contributed by atoms with van der Waals surface area (Å²) >= 11 is 14.5. The zero-order chi connectivity index (χ0) is 31.1. The monoisotopic (exact) mass is 687 g/mol. The molecule has 2 N–H and O–H groups in total. The largest absolute Gasteiger partial charge is 0.360 e. The van der Waals surface area contributed by atoms with Gasteiger partial charge in [0.2, 0.25) is 10.0 Å². The summed E-state index contributed by atoms with van der Waals surface area (Å²) in [6.07, 6.45) is 8.57. The highest BCUT2D eigenvalue weighted by molar-refractivity contribution is 7.91. The van der Waals surface area contributed by atoms with Crippen molar-refractivity contribution in [2.45, 2.75) is 93.6 Å². The number of nitrogens with one attached hydrogen (secondary N) is 2. The second-order valence-electron chi connectivity index (χ2n) is 12.9. The minimum Gasteiger partial charge on any atom is -0.360 e. The van der Waals surface area contributed by atoms with E-state index in [0.717, 1.165) is 55.0 Å². The van der Waals surface area contributed by atoms with Crippen LogP contribution in [0.4, 0.5) is 5.13 Å². The molecule has 236 valence electrons. The first-order chi connectivity index (χ1) is 21.6. The van der Waals surface area contributed by atoms with E-state index < -0.39 is 20.7 Å². The standard InChI is InChI=1S/C30H31Cl2N7O4S2/c1-30(9-10-30)45(41,42)38-27(40)22-14-34-26-28(35-22)44-29(36-26)39-17-7-8-18(39)12-16(11-17)33-13-19-24(37-43-25(19)15-5-6-15)23-20(31)3-2-4-21(23)32/h2-4,14-18,33H,5-13H2,1H3,(H,38,40). The maximum atomic E-state index is 12.7. The van der Waals surface area contributed by atoms with Crippen molar-refractivity contribution in [1.29, 1.82) is 0 Å². The van der Waals surface area contributed by atoms with Gasteiger partial charge in [0.1, 0.15) is 17.1 Å². The van der Waals surface area contributed by atoms with Gasteiger partial charge in [0.25, 0.3) is 5.91 Å². The number of benzene rings is 1. The van der Waals surface area contributed by atoms with Gasteiger partial charge in [-0.15, -0.1) is 0 Å². The van der Waals surface area contributed by atoms with Crippen LogP contribution in [0.5, 0.6) is 0 Å². The van der Waals surface area contributed by atoms with E-state index in [4.69, 9.17) is 32.7 Å². The Morgan fingerprint density at radius 2 is 1.82 bits per heavy atom. The molecule has 2 atom stereocenters. The van der Waals surface area contributed by atoms with E-state index in [2.05, 4.69) is 30.1 Å². The van der Waals surface area contributed by atoms with E-state index in [-0.39, 0.29) is 5.69 Å². The van der Waals surface area contributed by atoms with Crippen molar-refractivity contribution >= 4 is 66.1 Å². The number of aromatic nitrogens is 4. The molecule has 4 aliphatic rings. The van der Waals surface area contributed by atoms with Crippen molar-refractivity contribution in [2.24, 2.45) is 0 Å². The lowest BCUT2D eigenvalue weighted by Crippen LogP contribution is -2.49. The predicted molar refractivity (Wildman–Crippen MR) is 172 cm³/mol. The zero-order valence-electron chi connectivity index (χ0n) is 24.4. The summed E-state index contributed by atoms with van der Waals surface area (Å²) in [6.45, 7) is 2.25. The van der Waals surface area contributed by atoms with Crippen LogP contribution >= 0.6 is 34.5 Å². The third-order valence-corrected chi connectivity index (χ3v) is 13.4. The first kappa shape index (κ1) is 29.6. The molecule has 8 rings (SSSR count). The van der Waals surface area contributed by atoms with Crippen LogP contribution in [0, 0.1) is 0 Å². The van der Waals surface area contributed by atoms with Crippen LogP contribution in [0.3, 0.4) is 0 Å². The number of rotatable bonds is 9. The normalized spacial score (nSPS) is 23.9. The number of carbonyl (C=O) groups is 1. The zero-order valence-corrected chi connectivity index (χ0v) is 27.6. The fourth-order valence-corrected chi connectivity index (χ4v) is 9.51. The molecule has 1 aromatic carbocycles. The van der Waals surface area contributed by atoms with E-state index in [1.165, 1.54) is 17.5 Å². The van der Waals surface area contributed by atoms with E-state index in [0.29, 0.717) is 75.2 Å². The molecule has 2 aliphatic carbocycles. The van der Waals surface area contributed by atoms with Crippen molar-refractivity contribution < 1.29 is 17.7 Å². The van der Waals surface area contributed by atoms with Gasteiger partial charge in [0, 0.05) is 41.7 Å². The van der Waals surface area contributed by atoms with Crippen molar-refractivity contribution in [3.63, 3.8) is 0 Å². The molecule has 5 heterocycles. The number of amides is 1. The molecule has 15 heteroatoms. The van der Waals surface area contributed by atoms with Crippen LogP contribution in [0.2, 0.25) is 10.0 Å². The first-order valence-electron chi connectivity index (χ1n) is 15.2. The second kappa shape index (κ2) is 10.9. The fourth-order valence-electron chi connectivity index (χ4n) is 6.65. The van der Waals surface area contributed by atoms with Gasteiger partial charge in [-0.2, -0.15) is 4.98 Å². The number of hydrogen-bond donors (Lipinski definition) is 2. The summed E-state index contributed by atoms with van der Waals surface area (Å²) in [5.74, 6) is 0.550. The highest BCUT2D eigenvalue weighted by Gasteiger charge is 2.51. The lowest BCUT2D eigenvalue weighted by molar-refractivity contribution is 0.0976. The summed E-state index contributed by atoms with van der Waals surface area (Å²) in [4.78, 5) is 29.2. The van der Waals surface area contributed by atoms with Crippen molar-refractivity contribution in [1.82, 2.24) is 30.1 Å². The maximum absolute atomic E-state index is 12.7. The molecule has 0 spiro atoms. The Labute approximate surface area is 274 Å². The molecule has 1 amide bonds. The van der Waals surface area contributed by atoms with Gasteiger partial charge in [-0.1, -0.05) is 45.8 Å². The van der Waals surface area contributed by atoms with Gasteiger partial charge in [0.05, 0.1) is 21.0 Å². The fraction of sp³-hybridized carbons (Fsp3) is 0.500. The summed E-state index contributed by atoms with van der Waals surface area (Å²) in [6, 6.07) is 6.37. The van der Waals surface area contributed by atoms with Crippen LogP contribution in [0.1, 0.15) is 86.0 Å². The number of carbonyl (C=O) groups excluding carboxylic acids is 1. The highest BCUT2D eigenvalue weighted by Crippen LogP contribution is 2.47. The SMILES string of the molecule is CC1(S(=O)(=O)NC(=O)c2cnc3nc(N4C5CCC4CC(NCc4c(-c6c(Cl)cccc6Cl)noc4C4CC4)C5)sc3n2)CC1. The van der Waals surface area contributed by atoms with Crippen molar-refractivity contribution in [2.75, 3.05) is 4.90 Å². The molecule has 2 aliphatic heterocycles. The third kappa shape index (κ3) is 5.30. The summed E-state index contributed by atoms with van der Waals surface area (Å²) in [7, 11) is -3.77. The van der Waals surface area contributed by atoms with Crippen LogP contribution in [0.15, 0.2) is 28.9 Å². The lowest BCUT2D eigenvalue weighted by atomic mass is 9.97. The molecule has 0 radical (unpaired) electrons. The Hall–Kier alpha value is -2.84. The maximum Gasteiger partial charge on any atom is 0.284 e. The van der Waals surface area contributed by atoms with Crippen LogP contribution in [-0.4, -0.2) is 57.3 Å². The number of halogens is 2. The second-order valence-corrected chi connectivity index (χ2v) is 16.8. The number of anilines is 1. The molecule has 4 aromatic rings. The molecular formula is C30H31Cl2N7O4S2. The average Bonchev–Trinajstić information content (AvgIpc) is 3.88. The van der Waals surface area contributed by atoms with Gasteiger partial charge in [-0.25, -0.2) is 23.1 Å². The number of piperidine rings is 1. The van der Waals surface area contributed by atoms with Gasteiger partial charge in [-0.3, -0.25) is 4.79 Å². The Balaban J connectivity index is 0.974. The minimum atomic E-state index is -3.77. The van der Waals surface area contributed by atoms with Crippen molar-refractivity contribution in [3.8, 4) is 11.3 Å². The Kier molecular flexibility index (Phi) is 7.14. The smallest absolute Gasteiger partial charge is 0.284 e. The van der Waals surface area contributed by atoms with Gasteiger partial charge in [-0.05, 0) is 70.4 Å². The molecule has 2 unspecified atom stereocenters. The molecule has 2 saturated heterocycles. The summed E-state index contributed by atoms with van der Waals surface area (Å²) < 4.78 is 32.2. The Morgan fingerprint density at radius 1 is 1.11 bits per heavy atom. The molecule has 2 saturated carbocycles. The molecular weight excluding hydrogens is 657 g/mol. The number of nitrogens with zero attached hydrogens (tertiary/aromatic N) is 5. The van der Waals surface area contributed by atoms with Crippen LogP contribution in [-0.2, 0) is 16.6 Å². The number of sulfonamides is 1. The molecule has 4 fully saturated rings. The Morgan fingerprint density at radius 3 is 2.49 bits per heavy atom. The number of thiazole rings is 1. The molecule has 45 heavy (non-hydrogen) atoms. The van der Waals surface area contributed by atoms with Gasteiger partial charge < -0.3 is 14.7 Å². The van der Waals surface area contributed by atoms with E-state index >= 15 is 0 Å². The van der Waals surface area contributed by atoms with E-state index in [1.807, 2.05) is 18.2 Å². The third-order valence-electron chi connectivity index (χ3n) is 9.66. The van der Waals surface area contributed by atoms with Gasteiger partial charge >= 0.3 is 0 Å². The minimum absolute atomic E-state index is 0.0341. The summed E-state index contributed by atoms with van der Waals surface area (Å²) in [5, 5.41) is 10.2. The quantitative estimate of drug-likeness (QED) is 0.221. The number of hydrogen-bond acceptors (Lipinski definition) is 11. The number of fused-ring (bicyclic) bond motifs is 3. The van der Waals surface area contributed by atoms with Crippen LogP contribution in [0.25, 0.3) is 21.7 Å². The molecule has 2 bridgehead atoms.